The molecule has 206 valence electrons. The van der Waals surface area contributed by atoms with E-state index in [1.54, 1.807) is 15.8 Å². The average Bonchev–Trinajstić information content (AvgIpc) is 3.19. The van der Waals surface area contributed by atoms with Gasteiger partial charge in [-0.15, -0.1) is 0 Å². The topological polar surface area (TPSA) is 85.7 Å². The Hall–Kier alpha value is -3.85. The van der Waals surface area contributed by atoms with Crippen LogP contribution in [0.2, 0.25) is 0 Å². The molecule has 1 fully saturated rings. The zero-order valence-corrected chi connectivity index (χ0v) is 23.4. The molecule has 1 aromatic heterocycles. The third-order valence-electron chi connectivity index (χ3n) is 7.98. The number of urea groups is 1. The van der Waals surface area contributed by atoms with Crippen LogP contribution in [0.4, 0.5) is 22.0 Å². The van der Waals surface area contributed by atoms with E-state index in [4.69, 9.17) is 0 Å². The summed E-state index contributed by atoms with van der Waals surface area (Å²) in [4.78, 5) is 32.7. The number of nitrogens with one attached hydrogen (secondary N) is 2. The van der Waals surface area contributed by atoms with Crippen molar-refractivity contribution in [2.75, 3.05) is 42.9 Å². The molecule has 9 nitrogen and oxygen atoms in total. The summed E-state index contributed by atoms with van der Waals surface area (Å²) in [5.74, 6) is 1.49. The first-order valence-corrected chi connectivity index (χ1v) is 13.9. The number of para-hydroxylation sites is 2. The van der Waals surface area contributed by atoms with E-state index in [9.17, 15) is 9.59 Å². The van der Waals surface area contributed by atoms with Crippen LogP contribution in [0, 0.1) is 12.8 Å². The molecule has 0 bridgehead atoms. The summed E-state index contributed by atoms with van der Waals surface area (Å²) < 4.78 is 1.79. The Kier molecular flexibility index (Phi) is 7.88. The summed E-state index contributed by atoms with van der Waals surface area (Å²) >= 11 is 0. The average molecular weight is 530 g/mol. The monoisotopic (exact) mass is 529 g/mol. The van der Waals surface area contributed by atoms with Crippen LogP contribution in [0.25, 0.3) is 0 Å². The number of aromatic nitrogens is 2. The maximum Gasteiger partial charge on any atom is 0.317 e. The molecule has 2 aliphatic heterocycles. The number of nitrogens with zero attached hydrogens (tertiary/aromatic N) is 5. The lowest BCUT2D eigenvalue weighted by atomic mass is 10.0. The summed E-state index contributed by atoms with van der Waals surface area (Å²) in [6.07, 6.45) is 2.98. The summed E-state index contributed by atoms with van der Waals surface area (Å²) in [6, 6.07) is 13.5. The lowest BCUT2D eigenvalue weighted by molar-refractivity contribution is 0.0985. The highest BCUT2D eigenvalue weighted by Gasteiger charge is 2.27. The van der Waals surface area contributed by atoms with Crippen molar-refractivity contribution in [2.24, 2.45) is 13.0 Å². The Morgan fingerprint density at radius 1 is 1.10 bits per heavy atom. The fourth-order valence-corrected chi connectivity index (χ4v) is 5.31. The van der Waals surface area contributed by atoms with Crippen LogP contribution in [0.3, 0.4) is 0 Å². The van der Waals surface area contributed by atoms with Gasteiger partial charge in [-0.25, -0.2) is 4.79 Å². The van der Waals surface area contributed by atoms with Crippen molar-refractivity contribution in [3.05, 3.63) is 70.9 Å². The third-order valence-corrected chi connectivity index (χ3v) is 7.98. The predicted octanol–water partition coefficient (Wildman–Crippen LogP) is 4.51. The number of hydrogen-bond acceptors (Lipinski definition) is 5. The molecule has 1 saturated heterocycles. The number of fused-ring (bicyclic) bond motifs is 2. The number of aryl methyl sites for hydroxylation is 2. The zero-order chi connectivity index (χ0) is 27.5. The minimum Gasteiger partial charge on any atom is -0.338 e. The molecule has 9 heteroatoms. The van der Waals surface area contributed by atoms with E-state index >= 15 is 0 Å². The molecule has 5 rings (SSSR count). The smallest absolute Gasteiger partial charge is 0.317 e. The van der Waals surface area contributed by atoms with E-state index in [-0.39, 0.29) is 11.9 Å². The second kappa shape index (κ2) is 11.5. The SMILES string of the molecule is CC[C@@H](C)CN1CCN(C(=O)NCc2ccc(C(=O)N3Cc4cnn(C)c4Nc4ccccc43)cc2C)CC1. The molecule has 0 radical (unpaired) electrons. The van der Waals surface area contributed by atoms with Crippen molar-refractivity contribution in [1.82, 2.24) is 24.9 Å². The van der Waals surface area contributed by atoms with Crippen LogP contribution in [-0.4, -0.2) is 64.2 Å². The van der Waals surface area contributed by atoms with Gasteiger partial charge < -0.3 is 20.4 Å². The van der Waals surface area contributed by atoms with Gasteiger partial charge in [0, 0.05) is 57.4 Å². The number of rotatable bonds is 6. The Morgan fingerprint density at radius 2 is 1.87 bits per heavy atom. The third kappa shape index (κ3) is 5.78. The highest BCUT2D eigenvalue weighted by atomic mass is 16.2. The van der Waals surface area contributed by atoms with Crippen molar-refractivity contribution < 1.29 is 9.59 Å². The van der Waals surface area contributed by atoms with E-state index < -0.39 is 0 Å². The van der Waals surface area contributed by atoms with Gasteiger partial charge in [0.25, 0.3) is 5.91 Å². The maximum absolute atomic E-state index is 13.8. The van der Waals surface area contributed by atoms with E-state index in [1.807, 2.05) is 61.3 Å². The van der Waals surface area contributed by atoms with Crippen molar-refractivity contribution in [3.63, 3.8) is 0 Å². The van der Waals surface area contributed by atoms with Gasteiger partial charge in [0.2, 0.25) is 0 Å². The van der Waals surface area contributed by atoms with Gasteiger partial charge in [0.1, 0.15) is 5.82 Å². The normalized spacial score (nSPS) is 16.1. The minimum atomic E-state index is -0.0742. The summed E-state index contributed by atoms with van der Waals surface area (Å²) in [5, 5.41) is 10.9. The molecule has 39 heavy (non-hydrogen) atoms. The van der Waals surface area contributed by atoms with Crippen LogP contribution in [0.1, 0.15) is 47.3 Å². The number of carbonyl (C=O) groups is 2. The maximum atomic E-state index is 13.8. The highest BCUT2D eigenvalue weighted by molar-refractivity contribution is 6.08. The second-order valence-corrected chi connectivity index (χ2v) is 10.8. The van der Waals surface area contributed by atoms with Crippen molar-refractivity contribution in [2.45, 2.75) is 40.3 Å². The van der Waals surface area contributed by atoms with E-state index in [0.717, 1.165) is 66.6 Å². The fourth-order valence-electron chi connectivity index (χ4n) is 5.31. The van der Waals surface area contributed by atoms with Gasteiger partial charge in [-0.1, -0.05) is 38.5 Å². The number of piperazine rings is 1. The van der Waals surface area contributed by atoms with Crippen LogP contribution in [0.15, 0.2) is 48.7 Å². The highest BCUT2D eigenvalue weighted by Crippen LogP contribution is 2.36. The quantitative estimate of drug-likeness (QED) is 0.491. The summed E-state index contributed by atoms with van der Waals surface area (Å²) in [5.41, 5.74) is 5.24. The molecule has 1 atom stereocenters. The molecule has 2 N–H and O–H groups in total. The van der Waals surface area contributed by atoms with Crippen LogP contribution in [-0.2, 0) is 20.1 Å². The van der Waals surface area contributed by atoms with E-state index in [0.29, 0.717) is 24.6 Å². The molecule has 2 aromatic carbocycles. The Morgan fingerprint density at radius 3 is 2.62 bits per heavy atom. The van der Waals surface area contributed by atoms with Gasteiger partial charge >= 0.3 is 6.03 Å². The standard InChI is InChI=1S/C30H39N7O2/c1-5-21(2)19-35-12-14-36(15-13-35)30(39)31-17-24-11-10-23(16-22(24)3)29(38)37-20-25-18-32-34(4)28(25)33-26-8-6-7-9-27(26)37/h6-11,16,18,21,33H,5,12-15,17,19-20H2,1-4H3,(H,31,39)/t21-/m1/s1. The van der Waals surface area contributed by atoms with Crippen molar-refractivity contribution >= 4 is 29.1 Å². The van der Waals surface area contributed by atoms with Gasteiger partial charge in [-0.3, -0.25) is 14.4 Å². The van der Waals surface area contributed by atoms with Crippen LogP contribution >= 0.6 is 0 Å². The van der Waals surface area contributed by atoms with Gasteiger partial charge in [-0.05, 0) is 48.2 Å². The van der Waals surface area contributed by atoms with E-state index in [1.165, 1.54) is 6.42 Å². The predicted molar refractivity (Wildman–Crippen MR) is 154 cm³/mol. The lowest BCUT2D eigenvalue weighted by Crippen LogP contribution is -2.52. The molecule has 2 aliphatic rings. The Bertz CT molecular complexity index is 1340. The molecule has 3 aromatic rings. The van der Waals surface area contributed by atoms with Crippen molar-refractivity contribution in [3.8, 4) is 0 Å². The van der Waals surface area contributed by atoms with Crippen LogP contribution < -0.4 is 15.5 Å². The fraction of sp³-hybridized carbons (Fsp3) is 0.433. The lowest BCUT2D eigenvalue weighted by Gasteiger charge is -2.35. The molecular formula is C30H39N7O2. The number of benzene rings is 2. The summed E-state index contributed by atoms with van der Waals surface area (Å²) in [6.45, 7) is 11.8. The van der Waals surface area contributed by atoms with E-state index in [2.05, 4.69) is 34.5 Å². The Labute approximate surface area is 230 Å². The van der Waals surface area contributed by atoms with Gasteiger partial charge in [-0.2, -0.15) is 5.10 Å². The first kappa shape index (κ1) is 26.7. The van der Waals surface area contributed by atoms with Gasteiger partial charge in [0.05, 0.1) is 24.1 Å². The number of anilines is 3. The van der Waals surface area contributed by atoms with Crippen LogP contribution in [0.5, 0.6) is 0 Å². The molecule has 3 amide bonds. The minimum absolute atomic E-state index is 0.0290. The molecular weight excluding hydrogens is 490 g/mol. The number of amides is 3. The zero-order valence-electron chi connectivity index (χ0n) is 23.4. The van der Waals surface area contributed by atoms with Crippen molar-refractivity contribution in [1.29, 1.82) is 0 Å². The number of hydrogen-bond donors (Lipinski definition) is 2. The first-order valence-electron chi connectivity index (χ1n) is 13.9. The van der Waals surface area contributed by atoms with Gasteiger partial charge in [0.15, 0.2) is 0 Å². The largest absolute Gasteiger partial charge is 0.338 e. The number of carbonyl (C=O) groups excluding carboxylic acids is 2. The summed E-state index contributed by atoms with van der Waals surface area (Å²) in [7, 11) is 1.89. The second-order valence-electron chi connectivity index (χ2n) is 10.8. The Balaban J connectivity index is 1.23. The molecule has 0 aliphatic carbocycles. The first-order chi connectivity index (χ1) is 18.8. The molecule has 0 spiro atoms. The molecule has 0 saturated carbocycles. The molecule has 3 heterocycles. The molecule has 0 unspecified atom stereocenters.